The molecule has 0 saturated carbocycles. The molecular formula is C14H28N2O2. The lowest BCUT2D eigenvalue weighted by atomic mass is 9.90. The molecule has 18 heavy (non-hydrogen) atoms. The minimum absolute atomic E-state index is 0.236. The van der Waals surface area contributed by atoms with Gasteiger partial charge in [0.05, 0.1) is 13.2 Å². The molecule has 1 rings (SSSR count). The molecular weight excluding hydrogens is 228 g/mol. The Balaban J connectivity index is 2.25. The predicted molar refractivity (Wildman–Crippen MR) is 73.5 cm³/mol. The van der Waals surface area contributed by atoms with Crippen molar-refractivity contribution >= 4 is 5.91 Å². The van der Waals surface area contributed by atoms with Gasteiger partial charge in [-0.3, -0.25) is 4.79 Å². The summed E-state index contributed by atoms with van der Waals surface area (Å²) in [5.41, 5.74) is 0. The monoisotopic (exact) mass is 256 g/mol. The van der Waals surface area contributed by atoms with E-state index in [9.17, 15) is 4.79 Å². The number of amides is 1. The van der Waals surface area contributed by atoms with Gasteiger partial charge in [-0.05, 0) is 31.1 Å². The molecule has 1 aliphatic rings. The summed E-state index contributed by atoms with van der Waals surface area (Å²) in [6.07, 6.45) is 3.67. The van der Waals surface area contributed by atoms with Crippen molar-refractivity contribution in [3.05, 3.63) is 0 Å². The van der Waals surface area contributed by atoms with Crippen LogP contribution in [0.5, 0.6) is 0 Å². The third kappa shape index (κ3) is 5.83. The maximum atomic E-state index is 12.0. The number of piperidine rings is 1. The van der Waals surface area contributed by atoms with E-state index in [4.69, 9.17) is 4.74 Å². The number of nitrogens with zero attached hydrogens (tertiary/aromatic N) is 1. The summed E-state index contributed by atoms with van der Waals surface area (Å²) >= 11 is 0. The summed E-state index contributed by atoms with van der Waals surface area (Å²) in [6.45, 7) is 8.23. The molecule has 1 fully saturated rings. The first-order chi connectivity index (χ1) is 8.63. The second kappa shape index (κ2) is 8.48. The second-order valence-corrected chi connectivity index (χ2v) is 5.65. The van der Waals surface area contributed by atoms with E-state index in [-0.39, 0.29) is 5.91 Å². The number of hydrogen-bond donors (Lipinski definition) is 1. The van der Waals surface area contributed by atoms with E-state index >= 15 is 0 Å². The van der Waals surface area contributed by atoms with Gasteiger partial charge in [0.25, 0.3) is 0 Å². The zero-order valence-corrected chi connectivity index (χ0v) is 12.1. The average molecular weight is 256 g/mol. The fourth-order valence-corrected chi connectivity index (χ4v) is 2.63. The highest BCUT2D eigenvalue weighted by molar-refractivity contribution is 5.78. The first kappa shape index (κ1) is 15.4. The van der Waals surface area contributed by atoms with Crippen LogP contribution in [0.3, 0.4) is 0 Å². The SMILES string of the molecule is COCCNCC(=O)N1CCCC(CC(C)C)C1. The van der Waals surface area contributed by atoms with Crippen LogP contribution in [0.15, 0.2) is 0 Å². The molecule has 1 aliphatic heterocycles. The van der Waals surface area contributed by atoms with Gasteiger partial charge in [0.2, 0.25) is 5.91 Å². The highest BCUT2D eigenvalue weighted by atomic mass is 16.5. The lowest BCUT2D eigenvalue weighted by Gasteiger charge is -2.33. The Morgan fingerprint density at radius 1 is 1.50 bits per heavy atom. The van der Waals surface area contributed by atoms with Gasteiger partial charge < -0.3 is 15.0 Å². The van der Waals surface area contributed by atoms with Gasteiger partial charge in [-0.2, -0.15) is 0 Å². The molecule has 106 valence electrons. The van der Waals surface area contributed by atoms with E-state index in [2.05, 4.69) is 19.2 Å². The van der Waals surface area contributed by atoms with Gasteiger partial charge in [0, 0.05) is 26.7 Å². The summed E-state index contributed by atoms with van der Waals surface area (Å²) < 4.78 is 4.94. The molecule has 1 saturated heterocycles. The molecule has 1 unspecified atom stereocenters. The third-order valence-electron chi connectivity index (χ3n) is 3.44. The number of carbonyl (C=O) groups is 1. The van der Waals surface area contributed by atoms with Crippen molar-refractivity contribution in [2.75, 3.05) is 39.9 Å². The van der Waals surface area contributed by atoms with Crippen LogP contribution >= 0.6 is 0 Å². The number of methoxy groups -OCH3 is 1. The standard InChI is InChI=1S/C14H28N2O2/c1-12(2)9-13-5-4-7-16(11-13)14(17)10-15-6-8-18-3/h12-13,15H,4-11H2,1-3H3. The Labute approximate surface area is 111 Å². The van der Waals surface area contributed by atoms with E-state index in [0.717, 1.165) is 32.0 Å². The van der Waals surface area contributed by atoms with E-state index in [0.29, 0.717) is 19.1 Å². The molecule has 0 spiro atoms. The molecule has 1 heterocycles. The van der Waals surface area contributed by atoms with Crippen molar-refractivity contribution in [3.63, 3.8) is 0 Å². The van der Waals surface area contributed by atoms with Crippen molar-refractivity contribution in [3.8, 4) is 0 Å². The molecule has 1 amide bonds. The van der Waals surface area contributed by atoms with Crippen molar-refractivity contribution < 1.29 is 9.53 Å². The Hall–Kier alpha value is -0.610. The maximum absolute atomic E-state index is 12.0. The van der Waals surface area contributed by atoms with E-state index in [1.54, 1.807) is 7.11 Å². The summed E-state index contributed by atoms with van der Waals surface area (Å²) in [4.78, 5) is 14.0. The van der Waals surface area contributed by atoms with Gasteiger partial charge in [-0.1, -0.05) is 13.8 Å². The Morgan fingerprint density at radius 3 is 2.94 bits per heavy atom. The summed E-state index contributed by atoms with van der Waals surface area (Å²) in [6, 6.07) is 0. The van der Waals surface area contributed by atoms with Crippen LogP contribution < -0.4 is 5.32 Å². The Bertz CT molecular complexity index is 244. The average Bonchev–Trinajstić information content (AvgIpc) is 2.34. The van der Waals surface area contributed by atoms with E-state index < -0.39 is 0 Å². The van der Waals surface area contributed by atoms with Gasteiger partial charge >= 0.3 is 0 Å². The Morgan fingerprint density at radius 2 is 2.28 bits per heavy atom. The summed E-state index contributed by atoms with van der Waals surface area (Å²) in [5.74, 6) is 1.66. The quantitative estimate of drug-likeness (QED) is 0.702. The number of likely N-dealkylation sites (tertiary alicyclic amines) is 1. The van der Waals surface area contributed by atoms with Gasteiger partial charge in [0.15, 0.2) is 0 Å². The molecule has 4 heteroatoms. The van der Waals surface area contributed by atoms with E-state index in [1.165, 1.54) is 12.8 Å². The third-order valence-corrected chi connectivity index (χ3v) is 3.44. The zero-order valence-electron chi connectivity index (χ0n) is 12.1. The molecule has 0 radical (unpaired) electrons. The molecule has 1 atom stereocenters. The lowest BCUT2D eigenvalue weighted by molar-refractivity contribution is -0.132. The smallest absolute Gasteiger partial charge is 0.236 e. The normalized spacial score (nSPS) is 20.4. The van der Waals surface area contributed by atoms with Gasteiger partial charge in [-0.15, -0.1) is 0 Å². The molecule has 0 aromatic carbocycles. The van der Waals surface area contributed by atoms with Crippen LogP contribution in [0, 0.1) is 11.8 Å². The van der Waals surface area contributed by atoms with Gasteiger partial charge in [0.1, 0.15) is 0 Å². The number of nitrogens with one attached hydrogen (secondary N) is 1. The van der Waals surface area contributed by atoms with Crippen LogP contribution in [0.4, 0.5) is 0 Å². The van der Waals surface area contributed by atoms with Crippen LogP contribution in [0.2, 0.25) is 0 Å². The predicted octanol–water partition coefficient (Wildman–Crippen LogP) is 1.51. The number of carbonyl (C=O) groups excluding carboxylic acids is 1. The maximum Gasteiger partial charge on any atom is 0.236 e. The molecule has 4 nitrogen and oxygen atoms in total. The number of rotatable bonds is 7. The molecule has 0 bridgehead atoms. The molecule has 1 N–H and O–H groups in total. The van der Waals surface area contributed by atoms with Crippen molar-refractivity contribution in [2.45, 2.75) is 33.1 Å². The molecule has 0 aromatic heterocycles. The van der Waals surface area contributed by atoms with Crippen LogP contribution in [0.25, 0.3) is 0 Å². The molecule has 0 aliphatic carbocycles. The first-order valence-electron chi connectivity index (χ1n) is 7.11. The first-order valence-corrected chi connectivity index (χ1v) is 7.11. The topological polar surface area (TPSA) is 41.6 Å². The van der Waals surface area contributed by atoms with Crippen LogP contribution in [-0.4, -0.2) is 50.7 Å². The minimum atomic E-state index is 0.236. The zero-order chi connectivity index (χ0) is 13.4. The second-order valence-electron chi connectivity index (χ2n) is 5.65. The largest absolute Gasteiger partial charge is 0.383 e. The fourth-order valence-electron chi connectivity index (χ4n) is 2.63. The van der Waals surface area contributed by atoms with Gasteiger partial charge in [-0.25, -0.2) is 0 Å². The van der Waals surface area contributed by atoms with Crippen LogP contribution in [-0.2, 0) is 9.53 Å². The van der Waals surface area contributed by atoms with Crippen molar-refractivity contribution in [1.82, 2.24) is 10.2 Å². The van der Waals surface area contributed by atoms with E-state index in [1.807, 2.05) is 4.90 Å². The molecule has 0 aromatic rings. The lowest BCUT2D eigenvalue weighted by Crippen LogP contribution is -2.44. The Kier molecular flexibility index (Phi) is 7.28. The highest BCUT2D eigenvalue weighted by Crippen LogP contribution is 2.22. The van der Waals surface area contributed by atoms with Crippen molar-refractivity contribution in [1.29, 1.82) is 0 Å². The number of hydrogen-bond acceptors (Lipinski definition) is 3. The van der Waals surface area contributed by atoms with Crippen LogP contribution in [0.1, 0.15) is 33.1 Å². The fraction of sp³-hybridized carbons (Fsp3) is 0.929. The minimum Gasteiger partial charge on any atom is -0.383 e. The highest BCUT2D eigenvalue weighted by Gasteiger charge is 2.23. The van der Waals surface area contributed by atoms with Crippen molar-refractivity contribution in [2.24, 2.45) is 11.8 Å². The summed E-state index contributed by atoms with van der Waals surface area (Å²) in [5, 5.41) is 3.12. The summed E-state index contributed by atoms with van der Waals surface area (Å²) in [7, 11) is 1.67. The number of ether oxygens (including phenoxy) is 1.